The van der Waals surface area contributed by atoms with Gasteiger partial charge in [-0.3, -0.25) is 4.31 Å². The van der Waals surface area contributed by atoms with E-state index in [0.717, 1.165) is 4.24 Å². The number of halogens is 3. The van der Waals surface area contributed by atoms with Crippen LogP contribution in [-0.2, 0) is 0 Å². The first-order valence-corrected chi connectivity index (χ1v) is 12.7. The van der Waals surface area contributed by atoms with Crippen LogP contribution in [0.25, 0.3) is 11.1 Å². The zero-order valence-corrected chi connectivity index (χ0v) is 20.1. The standard InChI is InChI=1S/C22H25F3N4O2S2/c1-13(2)32-17-12-26-21(33(17)28-9-7-22(24,25)8-10-28)29-19(20(30)31)18(14(3)27-29)15-5-4-6-16(23)11-15/h4-6,11-13,33H,7-10H2,1-3H3,(H,30,31). The van der Waals surface area contributed by atoms with Gasteiger partial charge in [0.05, 0.1) is 9.93 Å². The Morgan fingerprint density at radius 3 is 2.58 bits per heavy atom. The summed E-state index contributed by atoms with van der Waals surface area (Å²) in [5.41, 5.74) is 1.03. The summed E-state index contributed by atoms with van der Waals surface area (Å²) in [5, 5.41) is 15.2. The van der Waals surface area contributed by atoms with E-state index in [1.807, 2.05) is 18.2 Å². The van der Waals surface area contributed by atoms with Crippen molar-refractivity contribution in [2.45, 2.75) is 44.8 Å². The van der Waals surface area contributed by atoms with E-state index in [4.69, 9.17) is 0 Å². The van der Waals surface area contributed by atoms with Gasteiger partial charge in [0.25, 0.3) is 5.92 Å². The first kappa shape index (κ1) is 23.9. The van der Waals surface area contributed by atoms with Crippen LogP contribution in [0.4, 0.5) is 13.2 Å². The van der Waals surface area contributed by atoms with Gasteiger partial charge in [0.1, 0.15) is 5.82 Å². The fourth-order valence-corrected chi connectivity index (χ4v) is 8.14. The van der Waals surface area contributed by atoms with Gasteiger partial charge >= 0.3 is 5.97 Å². The van der Waals surface area contributed by atoms with Crippen molar-refractivity contribution >= 4 is 34.0 Å². The van der Waals surface area contributed by atoms with Gasteiger partial charge in [-0.25, -0.2) is 27.6 Å². The molecule has 4 rings (SSSR count). The summed E-state index contributed by atoms with van der Waals surface area (Å²) in [6, 6.07) is 5.70. The summed E-state index contributed by atoms with van der Waals surface area (Å²) in [6.07, 6.45) is 1.19. The second kappa shape index (κ2) is 9.19. The van der Waals surface area contributed by atoms with Gasteiger partial charge in [-0.05, 0) is 24.6 Å². The highest BCUT2D eigenvalue weighted by Gasteiger charge is 2.40. The van der Waals surface area contributed by atoms with Crippen molar-refractivity contribution in [3.63, 3.8) is 0 Å². The largest absolute Gasteiger partial charge is 0.476 e. The van der Waals surface area contributed by atoms with E-state index in [9.17, 15) is 23.1 Å². The molecule has 0 aliphatic carbocycles. The Morgan fingerprint density at radius 1 is 1.27 bits per heavy atom. The highest BCUT2D eigenvalue weighted by molar-refractivity contribution is 8.40. The Morgan fingerprint density at radius 2 is 1.97 bits per heavy atom. The minimum absolute atomic E-state index is 0.115. The number of aryl methyl sites for hydroxylation is 1. The van der Waals surface area contributed by atoms with Gasteiger partial charge in [-0.15, -0.1) is 22.8 Å². The van der Waals surface area contributed by atoms with Crippen molar-refractivity contribution in [3.05, 3.63) is 51.9 Å². The molecule has 1 unspecified atom stereocenters. The fraction of sp³-hybridized carbons (Fsp3) is 0.409. The maximum atomic E-state index is 13.9. The lowest BCUT2D eigenvalue weighted by Gasteiger charge is -2.39. The molecule has 0 saturated carbocycles. The van der Waals surface area contributed by atoms with E-state index in [1.165, 1.54) is 22.9 Å². The number of aromatic nitrogens is 2. The van der Waals surface area contributed by atoms with E-state index in [-0.39, 0.29) is 36.9 Å². The minimum Gasteiger partial charge on any atom is -0.476 e. The molecule has 33 heavy (non-hydrogen) atoms. The molecule has 0 amide bonds. The SMILES string of the molecule is Cc1nn(C2=NC=C(SC(C)C)[SH]2N2CCC(F)(F)CC2)c(C(=O)O)c1-c1cccc(F)c1. The molecule has 178 valence electrons. The molecule has 1 aromatic heterocycles. The molecule has 0 spiro atoms. The average molecular weight is 499 g/mol. The number of carbonyl (C=O) groups is 1. The van der Waals surface area contributed by atoms with Crippen LogP contribution in [-0.4, -0.2) is 54.6 Å². The summed E-state index contributed by atoms with van der Waals surface area (Å²) in [6.45, 7) is 6.11. The van der Waals surface area contributed by atoms with E-state index in [0.29, 0.717) is 22.0 Å². The van der Waals surface area contributed by atoms with Gasteiger partial charge in [-0.1, -0.05) is 26.0 Å². The van der Waals surface area contributed by atoms with Crippen LogP contribution in [0.5, 0.6) is 0 Å². The Labute approximate surface area is 197 Å². The number of alkyl halides is 2. The molecule has 2 aromatic rings. The van der Waals surface area contributed by atoms with Crippen LogP contribution in [0.2, 0.25) is 0 Å². The second-order valence-corrected chi connectivity index (χ2v) is 12.2. The molecule has 0 bridgehead atoms. The number of thioether (sulfide) groups is 1. The van der Waals surface area contributed by atoms with Crippen molar-refractivity contribution in [3.8, 4) is 11.1 Å². The Bertz CT molecular complexity index is 1140. The number of piperidine rings is 1. The van der Waals surface area contributed by atoms with Crippen molar-refractivity contribution in [1.29, 1.82) is 0 Å². The maximum Gasteiger partial charge on any atom is 0.355 e. The number of carboxylic acids is 1. The summed E-state index contributed by atoms with van der Waals surface area (Å²) in [4.78, 5) is 16.9. The Kier molecular flexibility index (Phi) is 6.66. The van der Waals surface area contributed by atoms with Crippen LogP contribution in [0.3, 0.4) is 0 Å². The average Bonchev–Trinajstić information content (AvgIpc) is 3.28. The van der Waals surface area contributed by atoms with Crippen molar-refractivity contribution in [2.24, 2.45) is 4.99 Å². The Balaban J connectivity index is 1.78. The van der Waals surface area contributed by atoms with Gasteiger partial charge < -0.3 is 5.11 Å². The number of carboxylic acid groups (broad SMARTS) is 1. The molecule has 1 aromatic carbocycles. The third-order valence-electron chi connectivity index (χ3n) is 5.37. The first-order valence-electron chi connectivity index (χ1n) is 10.5. The lowest BCUT2D eigenvalue weighted by molar-refractivity contribution is -0.0399. The predicted molar refractivity (Wildman–Crippen MR) is 128 cm³/mol. The smallest absolute Gasteiger partial charge is 0.355 e. The molecular weight excluding hydrogens is 473 g/mol. The zero-order valence-electron chi connectivity index (χ0n) is 18.4. The van der Waals surface area contributed by atoms with E-state index in [2.05, 4.69) is 10.1 Å². The van der Waals surface area contributed by atoms with E-state index in [1.54, 1.807) is 31.0 Å². The molecule has 11 heteroatoms. The van der Waals surface area contributed by atoms with Crippen LogP contribution in [0.15, 0.2) is 39.7 Å². The van der Waals surface area contributed by atoms with Gasteiger partial charge in [0, 0.05) is 42.9 Å². The third kappa shape index (κ3) is 4.85. The lowest BCUT2D eigenvalue weighted by atomic mass is 10.0. The van der Waals surface area contributed by atoms with Crippen LogP contribution < -0.4 is 0 Å². The lowest BCUT2D eigenvalue weighted by Crippen LogP contribution is -2.39. The molecule has 2 aliphatic rings. The second-order valence-electron chi connectivity index (χ2n) is 8.22. The van der Waals surface area contributed by atoms with E-state index >= 15 is 0 Å². The predicted octanol–water partition coefficient (Wildman–Crippen LogP) is 5.50. The summed E-state index contributed by atoms with van der Waals surface area (Å²) in [7, 11) is 0. The van der Waals surface area contributed by atoms with Crippen molar-refractivity contribution < 1.29 is 23.1 Å². The molecule has 6 nitrogen and oxygen atoms in total. The quantitative estimate of drug-likeness (QED) is 0.533. The molecule has 0 radical (unpaired) electrons. The molecule has 1 N–H and O–H groups in total. The minimum atomic E-state index is -2.70. The maximum absolute atomic E-state index is 13.9. The first-order chi connectivity index (χ1) is 15.6. The monoisotopic (exact) mass is 498 g/mol. The number of hydrogen-bond donors (Lipinski definition) is 2. The molecule has 3 heterocycles. The summed E-state index contributed by atoms with van der Waals surface area (Å²) >= 11 is 0.275. The highest BCUT2D eigenvalue weighted by atomic mass is 32.3. The normalized spacial score (nSPS) is 21.8. The molecular formula is C22H25F3N4O2S2. The van der Waals surface area contributed by atoms with Gasteiger partial charge in [0.2, 0.25) is 0 Å². The summed E-state index contributed by atoms with van der Waals surface area (Å²) < 4.78 is 45.8. The summed E-state index contributed by atoms with van der Waals surface area (Å²) in [5.74, 6) is -4.40. The van der Waals surface area contributed by atoms with Crippen LogP contribution in [0, 0.1) is 12.7 Å². The van der Waals surface area contributed by atoms with Gasteiger partial charge in [-0.2, -0.15) is 5.10 Å². The molecule has 2 aliphatic heterocycles. The van der Waals surface area contributed by atoms with Crippen LogP contribution in [0.1, 0.15) is 42.9 Å². The number of nitrogens with zero attached hydrogens (tertiary/aromatic N) is 4. The van der Waals surface area contributed by atoms with E-state index < -0.39 is 28.8 Å². The van der Waals surface area contributed by atoms with Gasteiger partial charge in [0.15, 0.2) is 10.9 Å². The zero-order chi connectivity index (χ0) is 23.9. The van der Waals surface area contributed by atoms with Crippen LogP contribution >= 0.6 is 22.8 Å². The number of thiol groups is 1. The van der Waals surface area contributed by atoms with Crippen molar-refractivity contribution in [1.82, 2.24) is 14.1 Å². The molecule has 1 atom stereocenters. The molecule has 1 saturated heterocycles. The number of aromatic carboxylic acids is 1. The fourth-order valence-electron chi connectivity index (χ4n) is 3.93. The highest BCUT2D eigenvalue weighted by Crippen LogP contribution is 2.53. The number of aliphatic imine (C=N–C) groups is 1. The van der Waals surface area contributed by atoms with Crippen molar-refractivity contribution in [2.75, 3.05) is 13.1 Å². The topological polar surface area (TPSA) is 70.7 Å². The number of rotatable bonds is 5. The third-order valence-corrected chi connectivity index (χ3v) is 9.20. The number of benzene rings is 1. The molecule has 1 fully saturated rings. The Hall–Kier alpha value is -2.24. The number of hydrogen-bond acceptors (Lipinski definition) is 5.